The second-order valence-electron chi connectivity index (χ2n) is 15.8. The number of nitrogens with zero attached hydrogens (tertiary/aromatic N) is 4. The quantitative estimate of drug-likeness (QED) is 0.115. The highest BCUT2D eigenvalue weighted by atomic mass is 35.5. The molecule has 1 fully saturated rings. The molecule has 3 heterocycles. The fourth-order valence-corrected chi connectivity index (χ4v) is 7.10. The van der Waals surface area contributed by atoms with E-state index in [-0.39, 0.29) is 50.0 Å². The Balaban J connectivity index is 1.63. The van der Waals surface area contributed by atoms with E-state index in [2.05, 4.69) is 49.7 Å². The molecule has 14 nitrogen and oxygen atoms in total. The highest BCUT2D eigenvalue weighted by molar-refractivity contribution is 6.74. The van der Waals surface area contributed by atoms with Crippen molar-refractivity contribution in [2.75, 3.05) is 51.3 Å². The van der Waals surface area contributed by atoms with Gasteiger partial charge in [0.2, 0.25) is 0 Å². The molecular formula is C37H55ClN6O8Si. The number of carbonyl (C=O) groups is 2. The Hall–Kier alpha value is -3.76. The van der Waals surface area contributed by atoms with Crippen LogP contribution in [0.2, 0.25) is 23.2 Å². The fourth-order valence-electron chi connectivity index (χ4n) is 5.56. The van der Waals surface area contributed by atoms with E-state index in [4.69, 9.17) is 44.7 Å². The fraction of sp³-hybridized carbons (Fsp3) is 0.595. The molecular weight excluding hydrogens is 720 g/mol. The molecule has 0 spiro atoms. The number of morpholine rings is 1. The van der Waals surface area contributed by atoms with Crippen molar-refractivity contribution >= 4 is 37.8 Å². The summed E-state index contributed by atoms with van der Waals surface area (Å²) in [5.41, 5.74) is 2.67. The third-order valence-corrected chi connectivity index (χ3v) is 14.2. The van der Waals surface area contributed by atoms with E-state index in [9.17, 15) is 14.7 Å². The summed E-state index contributed by atoms with van der Waals surface area (Å²) in [4.78, 5) is 35.5. The van der Waals surface area contributed by atoms with E-state index < -0.39 is 26.1 Å². The van der Waals surface area contributed by atoms with E-state index in [0.717, 1.165) is 11.1 Å². The summed E-state index contributed by atoms with van der Waals surface area (Å²) in [5.74, 6) is 1.60. The normalized spacial score (nSPS) is 16.0. The smallest absolute Gasteiger partial charge is 0.407 e. The number of halogens is 1. The van der Waals surface area contributed by atoms with Gasteiger partial charge in [-0.3, -0.25) is 9.69 Å². The molecule has 2 atom stereocenters. The predicted molar refractivity (Wildman–Crippen MR) is 206 cm³/mol. The summed E-state index contributed by atoms with van der Waals surface area (Å²) in [6.45, 7) is 23.7. The van der Waals surface area contributed by atoms with Gasteiger partial charge in [0.05, 0.1) is 53.9 Å². The highest BCUT2D eigenvalue weighted by Gasteiger charge is 2.39. The lowest BCUT2D eigenvalue weighted by atomic mass is 10.0. The average molecular weight is 775 g/mol. The molecule has 4 rings (SSSR count). The molecule has 1 amide bonds. The van der Waals surface area contributed by atoms with Gasteiger partial charge >= 0.3 is 12.1 Å². The number of anilines is 1. The van der Waals surface area contributed by atoms with Crippen LogP contribution in [-0.2, 0) is 18.7 Å². The summed E-state index contributed by atoms with van der Waals surface area (Å²) in [6.07, 6.45) is -1.37. The molecule has 53 heavy (non-hydrogen) atoms. The summed E-state index contributed by atoms with van der Waals surface area (Å²) in [5, 5.41) is 20.8. The molecule has 0 aliphatic carbocycles. The molecule has 1 aromatic carbocycles. The number of hydrogen-bond acceptors (Lipinski definition) is 12. The Kier molecular flexibility index (Phi) is 13.6. The van der Waals surface area contributed by atoms with Gasteiger partial charge in [0.15, 0.2) is 14.1 Å². The lowest BCUT2D eigenvalue weighted by Gasteiger charge is -2.39. The van der Waals surface area contributed by atoms with Crippen molar-refractivity contribution in [1.29, 1.82) is 0 Å². The van der Waals surface area contributed by atoms with E-state index >= 15 is 0 Å². The average Bonchev–Trinajstić information content (AvgIpc) is 3.39. The second kappa shape index (κ2) is 17.1. The zero-order valence-corrected chi connectivity index (χ0v) is 34.6. The van der Waals surface area contributed by atoms with Gasteiger partial charge < -0.3 is 38.9 Å². The van der Waals surface area contributed by atoms with Crippen molar-refractivity contribution in [3.8, 4) is 28.4 Å². The molecule has 3 N–H and O–H groups in total. The minimum atomic E-state index is -2.22. The van der Waals surface area contributed by atoms with Gasteiger partial charge in [-0.1, -0.05) is 37.5 Å². The number of rotatable bonds is 14. The van der Waals surface area contributed by atoms with Crippen LogP contribution < -0.4 is 15.4 Å². The molecule has 1 saturated heterocycles. The Morgan fingerprint density at radius 3 is 2.47 bits per heavy atom. The van der Waals surface area contributed by atoms with E-state index in [1.807, 2.05) is 41.5 Å². The van der Waals surface area contributed by atoms with Crippen LogP contribution in [0.4, 0.5) is 10.6 Å². The van der Waals surface area contributed by atoms with Crippen molar-refractivity contribution in [2.24, 2.45) is 0 Å². The van der Waals surface area contributed by atoms with Gasteiger partial charge in [-0.25, -0.2) is 14.8 Å². The molecule has 16 heteroatoms. The first-order chi connectivity index (χ1) is 24.7. The summed E-state index contributed by atoms with van der Waals surface area (Å²) in [6, 6.07) is 4.87. The molecule has 3 aromatic rings. The number of ether oxygens (including phenoxy) is 3. The topological polar surface area (TPSA) is 170 Å². The van der Waals surface area contributed by atoms with Crippen molar-refractivity contribution in [2.45, 2.75) is 98.2 Å². The first-order valence-corrected chi connectivity index (χ1v) is 21.1. The lowest BCUT2D eigenvalue weighted by molar-refractivity contribution is -0.153. The van der Waals surface area contributed by atoms with Gasteiger partial charge in [0, 0.05) is 30.8 Å². The molecule has 1 aliphatic heterocycles. The minimum Gasteiger partial charge on any atom is -0.491 e. The number of carboxylic acid groups (broad SMARTS) is 1. The molecule has 0 radical (unpaired) electrons. The molecule has 2 unspecified atom stereocenters. The maximum absolute atomic E-state index is 12.4. The molecule has 2 aromatic heterocycles. The number of amides is 1. The number of benzene rings is 1. The lowest BCUT2D eigenvalue weighted by Crippen LogP contribution is -2.51. The number of nitrogens with one attached hydrogen (secondary N) is 2. The van der Waals surface area contributed by atoms with Crippen LogP contribution in [0, 0.1) is 20.8 Å². The third kappa shape index (κ3) is 11.1. The molecule has 0 saturated carbocycles. The van der Waals surface area contributed by atoms with Crippen LogP contribution >= 0.6 is 11.6 Å². The largest absolute Gasteiger partial charge is 0.491 e. The standard InChI is InChI=1S/C37H55ClN6O8Si/c1-22-32(31-23(2)43-51-24(31)3)41-34(42-33(22)40-17-25-20-48-15-14-44(25)35(46)47)28-16-26(12-13-29(28)38)49-21-27(52-53(10,11)37(7,8)9)18-39-19-30(45)50-36(4,5)6/h12-13,16,25,27,39H,14-15,17-21H2,1-11H3,(H,46,47)(H,40,41,42). The van der Waals surface area contributed by atoms with Gasteiger partial charge in [-0.2, -0.15) is 0 Å². The first kappa shape index (κ1) is 42.0. The number of aryl methyl sites for hydroxylation is 2. The predicted octanol–water partition coefficient (Wildman–Crippen LogP) is 6.87. The summed E-state index contributed by atoms with van der Waals surface area (Å²) >= 11 is 6.81. The van der Waals surface area contributed by atoms with Crippen LogP contribution in [0.5, 0.6) is 5.75 Å². The number of aromatic nitrogens is 3. The van der Waals surface area contributed by atoms with Crippen LogP contribution in [-0.4, -0.2) is 109 Å². The molecule has 0 bridgehead atoms. The zero-order valence-electron chi connectivity index (χ0n) is 32.8. The monoisotopic (exact) mass is 774 g/mol. The SMILES string of the molecule is Cc1noc(C)c1-c1nc(-c2cc(OCC(CNCC(=O)OC(C)(C)C)O[Si](C)(C)C(C)(C)C)ccc2Cl)nc(NCC2COCCN2C(=O)O)c1C. The van der Waals surface area contributed by atoms with Crippen LogP contribution in [0.3, 0.4) is 0 Å². The number of carbonyl (C=O) groups excluding carboxylic acids is 1. The third-order valence-electron chi connectivity index (χ3n) is 9.34. The molecule has 1 aliphatic rings. The zero-order chi connectivity index (χ0) is 39.3. The van der Waals surface area contributed by atoms with Crippen LogP contribution in [0.1, 0.15) is 58.6 Å². The van der Waals surface area contributed by atoms with E-state index in [1.54, 1.807) is 18.2 Å². The Morgan fingerprint density at radius 2 is 1.85 bits per heavy atom. The number of esters is 1. The first-order valence-electron chi connectivity index (χ1n) is 17.8. The maximum atomic E-state index is 12.4. The summed E-state index contributed by atoms with van der Waals surface area (Å²) < 4.78 is 29.6. The van der Waals surface area contributed by atoms with E-state index in [1.165, 1.54) is 4.90 Å². The van der Waals surface area contributed by atoms with Crippen molar-refractivity contribution < 1.29 is 37.9 Å². The Labute approximate surface area is 318 Å². The number of hydrogen-bond donors (Lipinski definition) is 3. The van der Waals surface area contributed by atoms with Gasteiger partial charge in [0.1, 0.15) is 29.5 Å². The van der Waals surface area contributed by atoms with Crippen molar-refractivity contribution in [3.05, 3.63) is 40.2 Å². The van der Waals surface area contributed by atoms with Gasteiger partial charge in [-0.15, -0.1) is 0 Å². The Bertz CT molecular complexity index is 1740. The minimum absolute atomic E-state index is 0.0381. The highest BCUT2D eigenvalue weighted by Crippen LogP contribution is 2.38. The summed E-state index contributed by atoms with van der Waals surface area (Å²) in [7, 11) is -2.22. The van der Waals surface area contributed by atoms with E-state index in [0.29, 0.717) is 58.3 Å². The van der Waals surface area contributed by atoms with Crippen LogP contribution in [0.15, 0.2) is 22.7 Å². The van der Waals surface area contributed by atoms with Gasteiger partial charge in [0.25, 0.3) is 0 Å². The van der Waals surface area contributed by atoms with Gasteiger partial charge in [-0.05, 0) is 77.9 Å². The Morgan fingerprint density at radius 1 is 1.13 bits per heavy atom. The maximum Gasteiger partial charge on any atom is 0.407 e. The van der Waals surface area contributed by atoms with Crippen molar-refractivity contribution in [1.82, 2.24) is 25.3 Å². The molecule has 292 valence electrons. The van der Waals surface area contributed by atoms with Crippen LogP contribution in [0.25, 0.3) is 22.6 Å². The second-order valence-corrected chi connectivity index (χ2v) is 21.0. The van der Waals surface area contributed by atoms with Crippen molar-refractivity contribution in [3.63, 3.8) is 0 Å².